The Labute approximate surface area is 118 Å². The summed E-state index contributed by atoms with van der Waals surface area (Å²) in [5.41, 5.74) is 0. The highest BCUT2D eigenvalue weighted by atomic mass is 16.1. The largest absolute Gasteiger partial charge is 0.352 e. The van der Waals surface area contributed by atoms with Crippen LogP contribution in [0, 0.1) is 0 Å². The lowest BCUT2D eigenvalue weighted by atomic mass is 10.1. The lowest BCUT2D eigenvalue weighted by Gasteiger charge is -2.21. The van der Waals surface area contributed by atoms with E-state index in [2.05, 4.69) is 36.4 Å². The SMILES string of the molecule is CC(C)N(C)CCNCC(=O)NC1CCCCCC1. The van der Waals surface area contributed by atoms with Crippen molar-refractivity contribution in [1.29, 1.82) is 0 Å². The molecule has 1 fully saturated rings. The third kappa shape index (κ3) is 7.53. The molecule has 4 nitrogen and oxygen atoms in total. The minimum atomic E-state index is 0.152. The molecule has 0 heterocycles. The quantitative estimate of drug-likeness (QED) is 0.547. The Bertz CT molecular complexity index is 248. The van der Waals surface area contributed by atoms with E-state index < -0.39 is 0 Å². The molecule has 0 aromatic heterocycles. The van der Waals surface area contributed by atoms with Gasteiger partial charge in [-0.05, 0) is 33.7 Å². The molecular formula is C15H31N3O. The summed E-state index contributed by atoms with van der Waals surface area (Å²) in [4.78, 5) is 14.1. The summed E-state index contributed by atoms with van der Waals surface area (Å²) in [5.74, 6) is 0.152. The van der Waals surface area contributed by atoms with E-state index in [1.54, 1.807) is 0 Å². The number of carbonyl (C=O) groups is 1. The van der Waals surface area contributed by atoms with Crippen LogP contribution in [0.25, 0.3) is 0 Å². The predicted octanol–water partition coefficient (Wildman–Crippen LogP) is 1.76. The molecule has 0 aromatic carbocycles. The highest BCUT2D eigenvalue weighted by Gasteiger charge is 2.14. The van der Waals surface area contributed by atoms with Crippen molar-refractivity contribution < 1.29 is 4.79 Å². The van der Waals surface area contributed by atoms with E-state index in [1.807, 2.05) is 0 Å². The smallest absolute Gasteiger partial charge is 0.234 e. The van der Waals surface area contributed by atoms with Gasteiger partial charge in [0, 0.05) is 25.2 Å². The molecular weight excluding hydrogens is 238 g/mol. The molecule has 0 atom stereocenters. The first-order valence-corrected chi connectivity index (χ1v) is 7.80. The molecule has 0 unspecified atom stereocenters. The second-order valence-corrected chi connectivity index (χ2v) is 6.01. The number of rotatable bonds is 7. The van der Waals surface area contributed by atoms with Gasteiger partial charge in [-0.1, -0.05) is 25.7 Å². The van der Waals surface area contributed by atoms with Gasteiger partial charge in [0.2, 0.25) is 5.91 Å². The highest BCUT2D eigenvalue weighted by Crippen LogP contribution is 2.16. The summed E-state index contributed by atoms with van der Waals surface area (Å²) in [6.07, 6.45) is 7.48. The van der Waals surface area contributed by atoms with Crippen molar-refractivity contribution >= 4 is 5.91 Å². The molecule has 0 aliphatic heterocycles. The topological polar surface area (TPSA) is 44.4 Å². The first-order chi connectivity index (χ1) is 9.09. The van der Waals surface area contributed by atoms with Crippen molar-refractivity contribution in [2.45, 2.75) is 64.5 Å². The molecule has 112 valence electrons. The fraction of sp³-hybridized carbons (Fsp3) is 0.933. The first-order valence-electron chi connectivity index (χ1n) is 7.80. The van der Waals surface area contributed by atoms with Crippen molar-refractivity contribution in [3.05, 3.63) is 0 Å². The zero-order valence-electron chi connectivity index (χ0n) is 12.9. The fourth-order valence-corrected chi connectivity index (χ4v) is 2.42. The average molecular weight is 269 g/mol. The van der Waals surface area contributed by atoms with E-state index >= 15 is 0 Å². The van der Waals surface area contributed by atoms with E-state index in [0.717, 1.165) is 25.9 Å². The Kier molecular flexibility index (Phi) is 8.07. The van der Waals surface area contributed by atoms with E-state index in [0.29, 0.717) is 18.6 Å². The van der Waals surface area contributed by atoms with E-state index in [1.165, 1.54) is 25.7 Å². The summed E-state index contributed by atoms with van der Waals surface area (Å²) in [6.45, 7) is 6.65. The molecule has 0 aromatic rings. The number of nitrogens with one attached hydrogen (secondary N) is 2. The number of hydrogen-bond donors (Lipinski definition) is 2. The summed E-state index contributed by atoms with van der Waals surface area (Å²) in [6, 6.07) is 0.969. The number of likely N-dealkylation sites (N-methyl/N-ethyl adjacent to an activating group) is 1. The minimum absolute atomic E-state index is 0.152. The third-order valence-corrected chi connectivity index (χ3v) is 4.03. The monoisotopic (exact) mass is 269 g/mol. The van der Waals surface area contributed by atoms with E-state index in [4.69, 9.17) is 0 Å². The Hall–Kier alpha value is -0.610. The van der Waals surface area contributed by atoms with Crippen molar-refractivity contribution in [2.75, 3.05) is 26.7 Å². The number of nitrogens with zero attached hydrogens (tertiary/aromatic N) is 1. The van der Waals surface area contributed by atoms with Crippen molar-refractivity contribution in [3.8, 4) is 0 Å². The van der Waals surface area contributed by atoms with Gasteiger partial charge >= 0.3 is 0 Å². The molecule has 19 heavy (non-hydrogen) atoms. The van der Waals surface area contributed by atoms with Gasteiger partial charge in [-0.3, -0.25) is 4.79 Å². The highest BCUT2D eigenvalue weighted by molar-refractivity contribution is 5.78. The van der Waals surface area contributed by atoms with Crippen LogP contribution in [0.2, 0.25) is 0 Å². The molecule has 0 radical (unpaired) electrons. The minimum Gasteiger partial charge on any atom is -0.352 e. The molecule has 0 bridgehead atoms. The number of amides is 1. The van der Waals surface area contributed by atoms with Gasteiger partial charge in [-0.15, -0.1) is 0 Å². The van der Waals surface area contributed by atoms with E-state index in [-0.39, 0.29) is 5.91 Å². The lowest BCUT2D eigenvalue weighted by molar-refractivity contribution is -0.121. The maximum atomic E-state index is 11.8. The maximum absolute atomic E-state index is 11.8. The lowest BCUT2D eigenvalue weighted by Crippen LogP contribution is -2.42. The van der Waals surface area contributed by atoms with Crippen LogP contribution >= 0.6 is 0 Å². The summed E-state index contributed by atoms with van der Waals surface area (Å²) in [5, 5.41) is 6.38. The molecule has 2 N–H and O–H groups in total. The Balaban J connectivity index is 2.07. The zero-order chi connectivity index (χ0) is 14.1. The van der Waals surface area contributed by atoms with Gasteiger partial charge in [0.15, 0.2) is 0 Å². The summed E-state index contributed by atoms with van der Waals surface area (Å²) >= 11 is 0. The molecule has 1 aliphatic carbocycles. The van der Waals surface area contributed by atoms with Crippen LogP contribution < -0.4 is 10.6 Å². The van der Waals surface area contributed by atoms with Gasteiger partial charge in [0.05, 0.1) is 6.54 Å². The van der Waals surface area contributed by atoms with Crippen molar-refractivity contribution in [3.63, 3.8) is 0 Å². The second-order valence-electron chi connectivity index (χ2n) is 6.01. The molecule has 1 rings (SSSR count). The first kappa shape index (κ1) is 16.4. The Morgan fingerprint density at radius 2 is 1.84 bits per heavy atom. The normalized spacial score (nSPS) is 17.7. The van der Waals surface area contributed by atoms with Crippen LogP contribution in [-0.2, 0) is 4.79 Å². The molecule has 1 amide bonds. The van der Waals surface area contributed by atoms with Crippen LogP contribution in [0.1, 0.15) is 52.4 Å². The molecule has 0 saturated heterocycles. The van der Waals surface area contributed by atoms with Crippen LogP contribution in [0.5, 0.6) is 0 Å². The van der Waals surface area contributed by atoms with Gasteiger partial charge in [-0.25, -0.2) is 0 Å². The summed E-state index contributed by atoms with van der Waals surface area (Å²) < 4.78 is 0. The number of hydrogen-bond acceptors (Lipinski definition) is 3. The van der Waals surface area contributed by atoms with Crippen LogP contribution in [0.15, 0.2) is 0 Å². The molecule has 0 spiro atoms. The molecule has 1 saturated carbocycles. The second kappa shape index (κ2) is 9.32. The third-order valence-electron chi connectivity index (χ3n) is 4.03. The zero-order valence-corrected chi connectivity index (χ0v) is 12.9. The Morgan fingerprint density at radius 1 is 1.21 bits per heavy atom. The van der Waals surface area contributed by atoms with Crippen LogP contribution in [-0.4, -0.2) is 49.6 Å². The predicted molar refractivity (Wildman–Crippen MR) is 80.3 cm³/mol. The van der Waals surface area contributed by atoms with Gasteiger partial charge in [-0.2, -0.15) is 0 Å². The number of carbonyl (C=O) groups excluding carboxylic acids is 1. The Morgan fingerprint density at radius 3 is 2.42 bits per heavy atom. The standard InChI is InChI=1S/C15H31N3O/c1-13(2)18(3)11-10-16-12-15(19)17-14-8-6-4-5-7-9-14/h13-14,16H,4-12H2,1-3H3,(H,17,19). The van der Waals surface area contributed by atoms with Crippen LogP contribution in [0.3, 0.4) is 0 Å². The van der Waals surface area contributed by atoms with Crippen LogP contribution in [0.4, 0.5) is 0 Å². The molecule has 4 heteroatoms. The van der Waals surface area contributed by atoms with Gasteiger partial charge < -0.3 is 15.5 Å². The average Bonchev–Trinajstić information content (AvgIpc) is 2.62. The van der Waals surface area contributed by atoms with Gasteiger partial charge in [0.25, 0.3) is 0 Å². The summed E-state index contributed by atoms with van der Waals surface area (Å²) in [7, 11) is 2.11. The van der Waals surface area contributed by atoms with Gasteiger partial charge in [0.1, 0.15) is 0 Å². The van der Waals surface area contributed by atoms with Crippen molar-refractivity contribution in [2.24, 2.45) is 0 Å². The molecule has 1 aliphatic rings. The van der Waals surface area contributed by atoms with E-state index in [9.17, 15) is 4.79 Å². The maximum Gasteiger partial charge on any atom is 0.234 e. The fourth-order valence-electron chi connectivity index (χ4n) is 2.42. The van der Waals surface area contributed by atoms with Crippen molar-refractivity contribution in [1.82, 2.24) is 15.5 Å².